The fourth-order valence-corrected chi connectivity index (χ4v) is 10.3. The predicted octanol–water partition coefficient (Wildman–Crippen LogP) is 16.2. The predicted molar refractivity (Wildman–Crippen MR) is 290 cm³/mol. The second-order valence-corrected chi connectivity index (χ2v) is 20.8. The van der Waals surface area contributed by atoms with Gasteiger partial charge in [-0.3, -0.25) is 4.57 Å². The molecule has 358 valence electrons. The third-order valence-electron chi connectivity index (χ3n) is 14.3. The summed E-state index contributed by atoms with van der Waals surface area (Å²) in [7, 11) is 0. The molecule has 1 aliphatic carbocycles. The van der Waals surface area contributed by atoms with Crippen LogP contribution in [0.3, 0.4) is 0 Å². The molecule has 0 bridgehead atoms. The third-order valence-corrected chi connectivity index (χ3v) is 14.3. The van der Waals surface area contributed by atoms with Gasteiger partial charge in [-0.2, -0.15) is 18.2 Å². The van der Waals surface area contributed by atoms with E-state index < -0.39 is 60.4 Å². The summed E-state index contributed by atoms with van der Waals surface area (Å²) in [5, 5.41) is 2.02. The number of nitrogens with zero attached hydrogens (tertiary/aromatic N) is 4. The van der Waals surface area contributed by atoms with E-state index in [0.717, 1.165) is 51.6 Å². The van der Waals surface area contributed by atoms with Gasteiger partial charge < -0.3 is 13.9 Å². The SMILES string of the molecule is [2H]c1c([2H])c([2H])c(-c2cccc(-c3c([2H])c([2H])c([2H])c([2H])c3[2H])c2-[n+]2[c-]n(-c3[c-]c(Oc4[c-]c5c(cc4)c4cc(-c6ccc7c(c6)C(C)(C)CCC7(C)C)ccc4n5-c4cc(C(C)(C)C)ccn4)ccc3)c3ccccc32)c([2H])c1[2H].[Pt]. The molecule has 3 aromatic heterocycles. The average Bonchev–Trinajstić information content (AvgIpc) is 3.77. The number of hydrogen-bond acceptors (Lipinski definition) is 2. The Balaban J connectivity index is 0.00000705. The first kappa shape index (κ1) is 36.6. The van der Waals surface area contributed by atoms with Crippen molar-refractivity contribution >= 4 is 32.8 Å². The third kappa shape index (κ3) is 8.28. The van der Waals surface area contributed by atoms with E-state index in [1.807, 2.05) is 48.7 Å². The Bertz CT molecular complexity index is 4320. The van der Waals surface area contributed by atoms with Crippen LogP contribution in [0.25, 0.3) is 83.4 Å². The van der Waals surface area contributed by atoms with Crippen molar-refractivity contribution in [2.45, 2.75) is 77.6 Å². The number of hydrogen-bond donors (Lipinski definition) is 0. The van der Waals surface area contributed by atoms with Crippen molar-refractivity contribution in [3.8, 4) is 62.1 Å². The maximum Gasteiger partial charge on any atom is 0.268 e. The molecule has 0 amide bonds. The van der Waals surface area contributed by atoms with Crippen LogP contribution >= 0.6 is 0 Å². The van der Waals surface area contributed by atoms with Crippen LogP contribution in [0, 0.1) is 18.5 Å². The molecule has 0 unspecified atom stereocenters. The van der Waals surface area contributed by atoms with Crippen molar-refractivity contribution in [3.05, 3.63) is 223 Å². The molecule has 0 radical (unpaired) electrons. The van der Waals surface area contributed by atoms with Gasteiger partial charge in [0.2, 0.25) is 0 Å². The summed E-state index contributed by atoms with van der Waals surface area (Å²) < 4.78 is 99.7. The molecule has 0 N–H and O–H groups in total. The molecular formula is C66H56N4OPt-2. The molecule has 0 aliphatic heterocycles. The second-order valence-electron chi connectivity index (χ2n) is 20.8. The fraction of sp³-hybridized carbons (Fsp3) is 0.182. The zero-order valence-electron chi connectivity index (χ0n) is 51.1. The number of ether oxygens (including phenoxy) is 1. The van der Waals surface area contributed by atoms with E-state index in [2.05, 4.69) is 126 Å². The van der Waals surface area contributed by atoms with E-state index in [-0.39, 0.29) is 65.3 Å². The maximum atomic E-state index is 9.07. The van der Waals surface area contributed by atoms with Crippen LogP contribution in [0.4, 0.5) is 0 Å². The Kier molecular flexibility index (Phi) is 9.17. The zero-order valence-corrected chi connectivity index (χ0v) is 43.3. The Labute approximate surface area is 451 Å². The van der Waals surface area contributed by atoms with Crippen LogP contribution in [0.15, 0.2) is 188 Å². The molecule has 12 rings (SSSR count). The number of aromatic nitrogens is 4. The minimum atomic E-state index is -0.572. The molecule has 0 saturated carbocycles. The molecular weight excluding hydrogens is 1060 g/mol. The number of benzene rings is 8. The first-order chi connectivity index (χ1) is 38.4. The second kappa shape index (κ2) is 18.1. The van der Waals surface area contributed by atoms with E-state index in [4.69, 9.17) is 23.4 Å². The summed E-state index contributed by atoms with van der Waals surface area (Å²) >= 11 is 0. The van der Waals surface area contributed by atoms with E-state index in [1.165, 1.54) is 16.7 Å². The Morgan fingerprint density at radius 3 is 1.99 bits per heavy atom. The first-order valence-electron chi connectivity index (χ1n) is 29.0. The number of imidazole rings is 1. The van der Waals surface area contributed by atoms with Crippen LogP contribution in [-0.4, -0.2) is 14.1 Å². The van der Waals surface area contributed by atoms with E-state index >= 15 is 0 Å². The molecule has 72 heavy (non-hydrogen) atoms. The zero-order chi connectivity index (χ0) is 57.4. The van der Waals surface area contributed by atoms with Crippen LogP contribution < -0.4 is 9.30 Å². The monoisotopic (exact) mass is 1130 g/mol. The molecule has 6 heteroatoms. The van der Waals surface area contributed by atoms with Gasteiger partial charge in [-0.15, -0.1) is 29.7 Å². The van der Waals surface area contributed by atoms with E-state index in [0.29, 0.717) is 28.2 Å². The summed E-state index contributed by atoms with van der Waals surface area (Å²) in [6.45, 7) is 16.0. The van der Waals surface area contributed by atoms with Gasteiger partial charge in [0.05, 0.1) is 30.4 Å². The van der Waals surface area contributed by atoms with Gasteiger partial charge in [0, 0.05) is 44.3 Å². The molecule has 0 spiro atoms. The van der Waals surface area contributed by atoms with Gasteiger partial charge in [0.15, 0.2) is 0 Å². The molecule has 0 saturated heterocycles. The van der Waals surface area contributed by atoms with Crippen molar-refractivity contribution in [2.75, 3.05) is 0 Å². The Hall–Kier alpha value is -7.33. The van der Waals surface area contributed by atoms with E-state index in [9.17, 15) is 0 Å². The minimum absolute atomic E-state index is 0. The van der Waals surface area contributed by atoms with Gasteiger partial charge in [0.1, 0.15) is 5.82 Å². The standard InChI is InChI=1S/C66H56N4O.Pt/c1-64(2,3)48-34-37-67-62(40-48)70-58-33-29-46(47-28-32-56-57(39-47)66(6,7)36-35-65(56,4)5)38-55(58)54-31-30-51(42-61(54)70)71-50-23-16-22-49(41-50)68-43-69(60-27-15-14-26-59(60)68)63-52(44-18-10-8-11-19-44)24-17-25-53(63)45-20-12-9-13-21-45;/h8-34,37-40H,35-36H2,1-7H3;/q-2;/i8D,9D,10D,11D,12D,13D,18D,19D,20D,21D;. The topological polar surface area (TPSA) is 35.9 Å². The quantitative estimate of drug-likeness (QED) is 0.112. The molecule has 0 fully saturated rings. The Morgan fingerprint density at radius 2 is 1.26 bits per heavy atom. The molecule has 8 aromatic carbocycles. The van der Waals surface area contributed by atoms with Crippen molar-refractivity contribution in [2.24, 2.45) is 0 Å². The number of para-hydroxylation sites is 3. The van der Waals surface area contributed by atoms with Crippen molar-refractivity contribution < 1.29 is 44.1 Å². The van der Waals surface area contributed by atoms with Gasteiger partial charge in [-0.25, -0.2) is 4.98 Å². The van der Waals surface area contributed by atoms with Crippen LogP contribution in [-0.2, 0) is 37.3 Å². The summed E-state index contributed by atoms with van der Waals surface area (Å²) in [4.78, 5) is 4.95. The van der Waals surface area contributed by atoms with Crippen LogP contribution in [0.5, 0.6) is 11.5 Å². The maximum absolute atomic E-state index is 9.07. The molecule has 1 aliphatic rings. The van der Waals surface area contributed by atoms with Crippen LogP contribution in [0.1, 0.15) is 91.7 Å². The molecule has 3 heterocycles. The summed E-state index contributed by atoms with van der Waals surface area (Å²) in [5.41, 5.74) is 9.82. The summed E-state index contributed by atoms with van der Waals surface area (Å²) in [6, 6.07) is 41.2. The number of fused-ring (bicyclic) bond motifs is 5. The Morgan fingerprint density at radius 1 is 0.611 bits per heavy atom. The van der Waals surface area contributed by atoms with Crippen molar-refractivity contribution in [1.29, 1.82) is 0 Å². The first-order valence-corrected chi connectivity index (χ1v) is 24.0. The van der Waals surface area contributed by atoms with Gasteiger partial charge in [-0.05, 0) is 108 Å². The van der Waals surface area contributed by atoms with E-state index in [1.54, 1.807) is 33.4 Å². The summed E-state index contributed by atoms with van der Waals surface area (Å²) in [6.07, 6.45) is 7.56. The fourth-order valence-electron chi connectivity index (χ4n) is 10.3. The minimum Gasteiger partial charge on any atom is -0.510 e. The van der Waals surface area contributed by atoms with Crippen LogP contribution in [0.2, 0.25) is 0 Å². The normalized spacial score (nSPS) is 16.0. The smallest absolute Gasteiger partial charge is 0.268 e. The van der Waals surface area contributed by atoms with Crippen molar-refractivity contribution in [1.82, 2.24) is 14.1 Å². The van der Waals surface area contributed by atoms with Crippen molar-refractivity contribution in [3.63, 3.8) is 0 Å². The molecule has 5 nitrogen and oxygen atoms in total. The molecule has 11 aromatic rings. The largest absolute Gasteiger partial charge is 0.510 e. The van der Waals surface area contributed by atoms with Gasteiger partial charge >= 0.3 is 0 Å². The summed E-state index contributed by atoms with van der Waals surface area (Å²) in [5.74, 6) is 1.54. The number of pyridine rings is 1. The van der Waals surface area contributed by atoms with Gasteiger partial charge in [-0.1, -0.05) is 187 Å². The van der Waals surface area contributed by atoms with Gasteiger partial charge in [0.25, 0.3) is 6.33 Å². The average molecular weight is 1130 g/mol. The molecule has 0 atom stereocenters. The number of rotatable bonds is 8.